The summed E-state index contributed by atoms with van der Waals surface area (Å²) in [7, 11) is 0. The van der Waals surface area contributed by atoms with Gasteiger partial charge in [0.15, 0.2) is 0 Å². The first kappa shape index (κ1) is 21.2. The molecule has 6 nitrogen and oxygen atoms in total. The molecule has 0 saturated carbocycles. The summed E-state index contributed by atoms with van der Waals surface area (Å²) in [5.41, 5.74) is 1.76. The third-order valence-corrected chi connectivity index (χ3v) is 5.88. The molecule has 31 heavy (non-hydrogen) atoms. The van der Waals surface area contributed by atoms with Crippen molar-refractivity contribution in [3.63, 3.8) is 0 Å². The van der Waals surface area contributed by atoms with Crippen LogP contribution in [0.3, 0.4) is 0 Å². The second kappa shape index (κ2) is 9.37. The number of hydrogen-bond donors (Lipinski definition) is 0. The van der Waals surface area contributed by atoms with Crippen molar-refractivity contribution in [3.8, 4) is 5.75 Å². The Kier molecular flexibility index (Phi) is 6.39. The molecule has 0 unspecified atom stereocenters. The maximum atomic E-state index is 13.1. The summed E-state index contributed by atoms with van der Waals surface area (Å²) < 4.78 is 18.7. The van der Waals surface area contributed by atoms with Crippen LogP contribution in [0.5, 0.6) is 5.75 Å². The summed E-state index contributed by atoms with van der Waals surface area (Å²) in [5, 5.41) is 0. The van der Waals surface area contributed by atoms with Crippen LogP contribution in [0.1, 0.15) is 19.8 Å². The number of nitrogens with zero attached hydrogens (tertiary/aromatic N) is 3. The van der Waals surface area contributed by atoms with Gasteiger partial charge in [0.1, 0.15) is 11.6 Å². The third-order valence-electron chi connectivity index (χ3n) is 5.88. The van der Waals surface area contributed by atoms with E-state index < -0.39 is 0 Å². The highest BCUT2D eigenvalue weighted by molar-refractivity contribution is 6.00. The number of hydrogen-bond acceptors (Lipinski definition) is 4. The molecule has 0 radical (unpaired) electrons. The Morgan fingerprint density at radius 3 is 2.29 bits per heavy atom. The van der Waals surface area contributed by atoms with E-state index in [4.69, 9.17) is 4.74 Å². The standard InChI is InChI=1S/C24H28FN3O3/c1-2-15-31-22-9-7-21(8-10-22)28-17-18(16-23(28)29)24(30)27-13-11-26(12-14-27)20-5-3-19(25)4-6-20/h3-10,18H,2,11-17H2,1H3/t18-/m0/s1. The molecule has 0 N–H and O–H groups in total. The van der Waals surface area contributed by atoms with E-state index >= 15 is 0 Å². The molecule has 2 saturated heterocycles. The number of rotatable bonds is 6. The van der Waals surface area contributed by atoms with Gasteiger partial charge in [-0.15, -0.1) is 0 Å². The molecule has 2 aliphatic rings. The predicted octanol–water partition coefficient (Wildman–Crippen LogP) is 3.32. The molecule has 7 heteroatoms. The Morgan fingerprint density at radius 1 is 1.00 bits per heavy atom. The highest BCUT2D eigenvalue weighted by atomic mass is 19.1. The van der Waals surface area contributed by atoms with Gasteiger partial charge in [-0.2, -0.15) is 0 Å². The molecule has 0 aromatic heterocycles. The van der Waals surface area contributed by atoms with Crippen molar-refractivity contribution in [2.75, 3.05) is 49.1 Å². The molecule has 0 aliphatic carbocycles. The summed E-state index contributed by atoms with van der Waals surface area (Å²) >= 11 is 0. The van der Waals surface area contributed by atoms with E-state index in [0.717, 1.165) is 23.5 Å². The monoisotopic (exact) mass is 425 g/mol. The molecule has 2 aliphatic heterocycles. The Bertz CT molecular complexity index is 909. The summed E-state index contributed by atoms with van der Waals surface area (Å²) in [6, 6.07) is 13.9. The Hall–Kier alpha value is -3.09. The van der Waals surface area contributed by atoms with Gasteiger partial charge in [0.05, 0.1) is 12.5 Å². The number of anilines is 2. The molecule has 4 rings (SSSR count). The van der Waals surface area contributed by atoms with Crippen LogP contribution in [0.25, 0.3) is 0 Å². The second-order valence-electron chi connectivity index (χ2n) is 8.04. The van der Waals surface area contributed by atoms with Crippen molar-refractivity contribution in [2.45, 2.75) is 19.8 Å². The highest BCUT2D eigenvalue weighted by Gasteiger charge is 2.38. The van der Waals surface area contributed by atoms with Crippen LogP contribution < -0.4 is 14.5 Å². The lowest BCUT2D eigenvalue weighted by molar-refractivity contribution is -0.136. The van der Waals surface area contributed by atoms with Gasteiger partial charge < -0.3 is 19.4 Å². The van der Waals surface area contributed by atoms with Gasteiger partial charge in [-0.1, -0.05) is 6.92 Å². The Balaban J connectivity index is 1.32. The zero-order chi connectivity index (χ0) is 21.8. The highest BCUT2D eigenvalue weighted by Crippen LogP contribution is 2.28. The number of piperazine rings is 1. The zero-order valence-corrected chi connectivity index (χ0v) is 17.8. The second-order valence-corrected chi connectivity index (χ2v) is 8.04. The summed E-state index contributed by atoms with van der Waals surface area (Å²) in [6.45, 7) is 5.71. The number of benzene rings is 2. The predicted molar refractivity (Wildman–Crippen MR) is 118 cm³/mol. The normalized spacial score (nSPS) is 19.1. The number of carbonyl (C=O) groups excluding carboxylic acids is 2. The smallest absolute Gasteiger partial charge is 0.228 e. The number of amides is 2. The maximum absolute atomic E-state index is 13.1. The molecule has 2 heterocycles. The van der Waals surface area contributed by atoms with Gasteiger partial charge in [-0.25, -0.2) is 4.39 Å². The Labute approximate surface area is 182 Å². The lowest BCUT2D eigenvalue weighted by Gasteiger charge is -2.37. The van der Waals surface area contributed by atoms with E-state index in [9.17, 15) is 14.0 Å². The first-order valence-electron chi connectivity index (χ1n) is 10.9. The lowest BCUT2D eigenvalue weighted by Crippen LogP contribution is -2.50. The number of ether oxygens (including phenoxy) is 1. The summed E-state index contributed by atoms with van der Waals surface area (Å²) in [4.78, 5) is 31.3. The third kappa shape index (κ3) is 4.81. The lowest BCUT2D eigenvalue weighted by atomic mass is 10.1. The molecule has 2 amide bonds. The van der Waals surface area contributed by atoms with E-state index in [1.807, 2.05) is 29.2 Å². The van der Waals surface area contributed by atoms with Crippen LogP contribution in [-0.2, 0) is 9.59 Å². The fraction of sp³-hybridized carbons (Fsp3) is 0.417. The van der Waals surface area contributed by atoms with Crippen LogP contribution in [0.15, 0.2) is 48.5 Å². The number of halogens is 1. The molecular weight excluding hydrogens is 397 g/mol. The van der Waals surface area contributed by atoms with E-state index in [2.05, 4.69) is 11.8 Å². The molecule has 2 aromatic rings. The van der Waals surface area contributed by atoms with Crippen molar-refractivity contribution in [1.29, 1.82) is 0 Å². The number of carbonyl (C=O) groups is 2. The first-order chi connectivity index (χ1) is 15.0. The van der Waals surface area contributed by atoms with Gasteiger partial charge in [-0.05, 0) is 55.0 Å². The first-order valence-corrected chi connectivity index (χ1v) is 10.9. The van der Waals surface area contributed by atoms with Crippen LogP contribution in [0.2, 0.25) is 0 Å². The molecule has 1 atom stereocenters. The van der Waals surface area contributed by atoms with E-state index in [-0.39, 0.29) is 30.0 Å². The van der Waals surface area contributed by atoms with Gasteiger partial charge in [0.25, 0.3) is 0 Å². The fourth-order valence-corrected chi connectivity index (χ4v) is 4.16. The maximum Gasteiger partial charge on any atom is 0.228 e. The van der Waals surface area contributed by atoms with Gasteiger partial charge >= 0.3 is 0 Å². The molecule has 164 valence electrons. The molecule has 2 aromatic carbocycles. The minimum Gasteiger partial charge on any atom is -0.494 e. The topological polar surface area (TPSA) is 53.1 Å². The van der Waals surface area contributed by atoms with Crippen LogP contribution >= 0.6 is 0 Å². The SMILES string of the molecule is CCCOc1ccc(N2C[C@@H](C(=O)N3CCN(c4ccc(F)cc4)CC3)CC2=O)cc1. The van der Waals surface area contributed by atoms with E-state index in [1.165, 1.54) is 12.1 Å². The Morgan fingerprint density at radius 2 is 1.65 bits per heavy atom. The van der Waals surface area contributed by atoms with Crippen molar-refractivity contribution in [1.82, 2.24) is 4.90 Å². The summed E-state index contributed by atoms with van der Waals surface area (Å²) in [5.74, 6) is 0.226. The van der Waals surface area contributed by atoms with Crippen LogP contribution in [0.4, 0.5) is 15.8 Å². The molecule has 2 fully saturated rings. The van der Waals surface area contributed by atoms with Gasteiger partial charge in [0, 0.05) is 50.5 Å². The molecule has 0 bridgehead atoms. The average molecular weight is 426 g/mol. The zero-order valence-electron chi connectivity index (χ0n) is 17.8. The van der Waals surface area contributed by atoms with Crippen molar-refractivity contribution in [2.24, 2.45) is 5.92 Å². The molecular formula is C24H28FN3O3. The van der Waals surface area contributed by atoms with Crippen molar-refractivity contribution >= 4 is 23.2 Å². The van der Waals surface area contributed by atoms with E-state index in [1.54, 1.807) is 17.0 Å². The minimum absolute atomic E-state index is 0.0227. The quantitative estimate of drug-likeness (QED) is 0.713. The summed E-state index contributed by atoms with van der Waals surface area (Å²) in [6.07, 6.45) is 1.18. The van der Waals surface area contributed by atoms with Gasteiger partial charge in [0.2, 0.25) is 11.8 Å². The van der Waals surface area contributed by atoms with Crippen molar-refractivity contribution < 1.29 is 18.7 Å². The van der Waals surface area contributed by atoms with E-state index in [0.29, 0.717) is 39.3 Å². The molecule has 0 spiro atoms. The van der Waals surface area contributed by atoms with Crippen LogP contribution in [-0.4, -0.2) is 56.0 Å². The van der Waals surface area contributed by atoms with Crippen LogP contribution in [0, 0.1) is 11.7 Å². The average Bonchev–Trinajstić information content (AvgIpc) is 3.20. The fourth-order valence-electron chi connectivity index (χ4n) is 4.16. The van der Waals surface area contributed by atoms with Crippen molar-refractivity contribution in [3.05, 3.63) is 54.3 Å². The van der Waals surface area contributed by atoms with Gasteiger partial charge in [-0.3, -0.25) is 9.59 Å². The largest absolute Gasteiger partial charge is 0.494 e. The minimum atomic E-state index is -0.319.